The molecule has 3 aliphatic heterocycles. The predicted octanol–water partition coefficient (Wildman–Crippen LogP) is 7.18. The van der Waals surface area contributed by atoms with Crippen LogP contribution in [0.1, 0.15) is 128 Å². The molecule has 0 unspecified atom stereocenters. The van der Waals surface area contributed by atoms with Crippen molar-refractivity contribution in [1.82, 2.24) is 4.90 Å². The molecular weight excluding hydrogens is 939 g/mol. The lowest BCUT2D eigenvalue weighted by molar-refractivity contribution is -0.346. The highest BCUT2D eigenvalue weighted by atomic mass is 28.4. The largest absolute Gasteiger partial charge is 0.462 e. The molecule has 0 spiro atoms. The third-order valence-corrected chi connectivity index (χ3v) is 18.7. The smallest absolute Gasteiger partial charge is 0.308 e. The van der Waals surface area contributed by atoms with Crippen molar-refractivity contribution in [2.45, 2.75) is 237 Å². The van der Waals surface area contributed by atoms with E-state index in [1.807, 2.05) is 44.1 Å². The zero-order valence-electron chi connectivity index (χ0n) is 46.1. The number of esters is 4. The standard InChI is InChI=1S/C52H91NO17Si/c1-19-24-40(57)66-49-34(6)63-43(30-52(49,11)69-39(56)20-2)67-45-33(5)64-50(48(65-35(7)54)44(45)53(12)13)68-46-36(28-42(59-14)60-15)27-31(3)38(70-71(17,18)51(8,9)10)26-23-21-22-25-32(4)62-41(58)29-37(55)47(46)61-16/h21-23,26,31-34,36-38,42-50,55H,19-20,24-25,27-30H2,1-18H3/b22-21+,26-23+/t31-,32-,33-,34+,36-,37-,38+,43+,44+,45-,46+,47+,48-,49+,50+,52-/m1/s1. The zero-order valence-corrected chi connectivity index (χ0v) is 47.1. The Kier molecular flexibility index (Phi) is 24.8. The average Bonchev–Trinajstić information content (AvgIpc) is 3.26. The molecule has 0 aromatic carbocycles. The minimum absolute atomic E-state index is 0.00296. The van der Waals surface area contributed by atoms with Crippen LogP contribution in [0, 0.1) is 11.8 Å². The number of cyclic esters (lactones) is 1. The molecule has 18 nitrogen and oxygen atoms in total. The number of rotatable bonds is 18. The van der Waals surface area contributed by atoms with Gasteiger partial charge in [-0.25, -0.2) is 0 Å². The van der Waals surface area contributed by atoms with Crippen LogP contribution in [0.25, 0.3) is 0 Å². The van der Waals surface area contributed by atoms with Crippen LogP contribution >= 0.6 is 0 Å². The first-order chi connectivity index (χ1) is 33.1. The Bertz CT molecular complexity index is 1740. The van der Waals surface area contributed by atoms with Gasteiger partial charge in [-0.05, 0) is 84.6 Å². The van der Waals surface area contributed by atoms with Crippen molar-refractivity contribution in [2.24, 2.45) is 11.8 Å². The molecule has 0 radical (unpaired) electrons. The summed E-state index contributed by atoms with van der Waals surface area (Å²) in [5.74, 6) is -2.88. The first-order valence-corrected chi connectivity index (χ1v) is 28.4. The maximum Gasteiger partial charge on any atom is 0.308 e. The van der Waals surface area contributed by atoms with Gasteiger partial charge in [0.05, 0.1) is 43.0 Å². The topological polar surface area (TPSA) is 203 Å². The summed E-state index contributed by atoms with van der Waals surface area (Å²) in [6.07, 6.45) is -2.62. The van der Waals surface area contributed by atoms with Gasteiger partial charge in [0.25, 0.3) is 0 Å². The van der Waals surface area contributed by atoms with Crippen LogP contribution in [-0.4, -0.2) is 169 Å². The number of ether oxygens (including phenoxy) is 11. The van der Waals surface area contributed by atoms with Gasteiger partial charge in [0, 0.05) is 60.4 Å². The summed E-state index contributed by atoms with van der Waals surface area (Å²) in [6, 6.07) is -0.756. The summed E-state index contributed by atoms with van der Waals surface area (Å²) in [6.45, 7) is 25.0. The van der Waals surface area contributed by atoms with Crippen molar-refractivity contribution in [3.63, 3.8) is 0 Å². The Labute approximate surface area is 425 Å². The van der Waals surface area contributed by atoms with E-state index in [4.69, 9.17) is 56.5 Å². The number of likely N-dealkylation sites (N-methyl/N-ethyl adjacent to an activating group) is 1. The molecular formula is C52H91NO17Si. The lowest BCUT2D eigenvalue weighted by atomic mass is 9.82. The van der Waals surface area contributed by atoms with E-state index in [2.05, 4.69) is 46.9 Å². The number of allylic oxidation sites excluding steroid dienone is 2. The maximum absolute atomic E-state index is 13.4. The van der Waals surface area contributed by atoms with E-state index in [9.17, 15) is 24.3 Å². The molecule has 19 heteroatoms. The Hall–Kier alpha value is -2.82. The summed E-state index contributed by atoms with van der Waals surface area (Å²) in [5, 5.41) is 12.0. The highest BCUT2D eigenvalue weighted by Gasteiger charge is 2.56. The Morgan fingerprint density at radius 2 is 1.58 bits per heavy atom. The number of aliphatic hydroxyl groups is 1. The van der Waals surface area contributed by atoms with Crippen LogP contribution < -0.4 is 0 Å². The molecule has 71 heavy (non-hydrogen) atoms. The van der Waals surface area contributed by atoms with Crippen LogP contribution in [0.15, 0.2) is 24.3 Å². The molecule has 3 rings (SSSR count). The van der Waals surface area contributed by atoms with Gasteiger partial charge < -0.3 is 66.5 Å². The lowest BCUT2D eigenvalue weighted by Gasteiger charge is -2.51. The predicted molar refractivity (Wildman–Crippen MR) is 267 cm³/mol. The van der Waals surface area contributed by atoms with Crippen LogP contribution in [0.4, 0.5) is 0 Å². The van der Waals surface area contributed by atoms with Crippen LogP contribution in [0.5, 0.6) is 0 Å². The van der Waals surface area contributed by atoms with Gasteiger partial charge in [-0.1, -0.05) is 65.8 Å². The van der Waals surface area contributed by atoms with Gasteiger partial charge in [-0.15, -0.1) is 0 Å². The fourth-order valence-corrected chi connectivity index (χ4v) is 10.8. The van der Waals surface area contributed by atoms with E-state index in [1.54, 1.807) is 34.6 Å². The fraction of sp³-hybridized carbons (Fsp3) is 0.846. The maximum atomic E-state index is 13.4. The molecule has 16 atom stereocenters. The minimum Gasteiger partial charge on any atom is -0.462 e. The van der Waals surface area contributed by atoms with E-state index in [0.29, 0.717) is 19.3 Å². The first kappa shape index (κ1) is 62.5. The molecule has 1 N–H and O–H groups in total. The number of aliphatic hydroxyl groups excluding tert-OH is 1. The van der Waals surface area contributed by atoms with E-state index in [1.165, 1.54) is 28.3 Å². The normalized spacial score (nSPS) is 35.9. The highest BCUT2D eigenvalue weighted by molar-refractivity contribution is 6.74. The Morgan fingerprint density at radius 3 is 2.14 bits per heavy atom. The molecule has 3 heterocycles. The first-order valence-electron chi connectivity index (χ1n) is 25.5. The second-order valence-corrected chi connectivity index (χ2v) is 26.2. The van der Waals surface area contributed by atoms with Crippen LogP contribution in [0.3, 0.4) is 0 Å². The van der Waals surface area contributed by atoms with Crippen LogP contribution in [-0.2, 0) is 75.7 Å². The third-order valence-electron chi connectivity index (χ3n) is 14.2. The molecule has 3 aliphatic rings. The summed E-state index contributed by atoms with van der Waals surface area (Å²) < 4.78 is 75.9. The molecule has 0 amide bonds. The monoisotopic (exact) mass is 1030 g/mol. The second-order valence-electron chi connectivity index (χ2n) is 21.5. The molecule has 0 bridgehead atoms. The number of nitrogens with zero attached hydrogens (tertiary/aromatic N) is 1. The van der Waals surface area contributed by atoms with Gasteiger partial charge in [0.15, 0.2) is 45.0 Å². The molecule has 0 aliphatic carbocycles. The molecule has 2 saturated heterocycles. The van der Waals surface area contributed by atoms with Crippen molar-refractivity contribution in [3.05, 3.63) is 24.3 Å². The zero-order chi connectivity index (χ0) is 53.6. The van der Waals surface area contributed by atoms with E-state index < -0.39 is 130 Å². The molecule has 2 fully saturated rings. The van der Waals surface area contributed by atoms with Crippen molar-refractivity contribution in [3.8, 4) is 0 Å². The van der Waals surface area contributed by atoms with Crippen molar-refractivity contribution < 1.29 is 80.8 Å². The van der Waals surface area contributed by atoms with E-state index >= 15 is 0 Å². The van der Waals surface area contributed by atoms with Crippen molar-refractivity contribution in [2.75, 3.05) is 35.4 Å². The minimum atomic E-state index is -2.35. The van der Waals surface area contributed by atoms with Crippen LogP contribution in [0.2, 0.25) is 18.1 Å². The van der Waals surface area contributed by atoms with Gasteiger partial charge in [-0.2, -0.15) is 0 Å². The van der Waals surface area contributed by atoms with Gasteiger partial charge in [-0.3, -0.25) is 19.2 Å². The quantitative estimate of drug-likeness (QED) is 0.0625. The number of carbonyl (C=O) groups is 4. The molecule has 0 saturated carbocycles. The number of carbonyl (C=O) groups excluding carboxylic acids is 4. The number of hydrogen-bond acceptors (Lipinski definition) is 18. The fourth-order valence-electron chi connectivity index (χ4n) is 9.44. The third kappa shape index (κ3) is 17.9. The molecule has 0 aromatic rings. The highest BCUT2D eigenvalue weighted by Crippen LogP contribution is 2.42. The number of hydrogen-bond donors (Lipinski definition) is 1. The van der Waals surface area contributed by atoms with E-state index in [0.717, 1.165) is 0 Å². The second kappa shape index (κ2) is 28.2. The average molecular weight is 1030 g/mol. The van der Waals surface area contributed by atoms with Gasteiger partial charge >= 0.3 is 23.9 Å². The van der Waals surface area contributed by atoms with Gasteiger partial charge in [0.1, 0.15) is 18.3 Å². The lowest BCUT2D eigenvalue weighted by Crippen LogP contribution is -2.67. The van der Waals surface area contributed by atoms with Crippen molar-refractivity contribution in [1.29, 1.82) is 0 Å². The summed E-state index contributed by atoms with van der Waals surface area (Å²) in [4.78, 5) is 54.2. The number of methoxy groups -OCH3 is 3. The van der Waals surface area contributed by atoms with Gasteiger partial charge in [0.2, 0.25) is 0 Å². The van der Waals surface area contributed by atoms with E-state index in [-0.39, 0.29) is 42.7 Å². The van der Waals surface area contributed by atoms with Crippen molar-refractivity contribution >= 4 is 32.2 Å². The summed E-state index contributed by atoms with van der Waals surface area (Å²) in [7, 11) is 5.79. The summed E-state index contributed by atoms with van der Waals surface area (Å²) in [5.41, 5.74) is -1.33. The molecule has 0 aromatic heterocycles. The Morgan fingerprint density at radius 1 is 0.915 bits per heavy atom. The molecule has 410 valence electrons. The summed E-state index contributed by atoms with van der Waals surface area (Å²) >= 11 is 0. The SMILES string of the molecule is CCCC(=O)O[C@H]1[C@H](C)O[C@@H](O[C@H]2[C@H](N(C)C)[C@@H](OC(C)=O)[C@H](O[C@H]3[C@@H](CC(OC)OC)C[C@@H](C)[C@@H](O[Si](C)(C)C(C)(C)C)/C=C/C=C/C[C@@H](C)OC(=O)C[C@@H](O)[C@@H]3OC)O[C@@H]2C)C[C@@]1(C)OC(=O)CC. The Balaban J connectivity index is 2.21.